The van der Waals surface area contributed by atoms with E-state index < -0.39 is 0 Å². The van der Waals surface area contributed by atoms with E-state index in [0.717, 1.165) is 16.2 Å². The summed E-state index contributed by atoms with van der Waals surface area (Å²) in [6.45, 7) is 0.603. The molecular weight excluding hydrogens is 261 g/mol. The van der Waals surface area contributed by atoms with Crippen molar-refractivity contribution in [3.63, 3.8) is 0 Å². The highest BCUT2D eigenvalue weighted by atomic mass is 32.2. The molecule has 4 heteroatoms. The van der Waals surface area contributed by atoms with Crippen LogP contribution in [0, 0.1) is 5.82 Å². The van der Waals surface area contributed by atoms with Crippen LogP contribution in [0.1, 0.15) is 11.1 Å². The number of nitrogens with two attached hydrogens (primary N) is 1. The molecule has 0 heterocycles. The van der Waals surface area contributed by atoms with E-state index in [-0.39, 0.29) is 12.4 Å². The summed E-state index contributed by atoms with van der Waals surface area (Å²) >= 11 is 1.64. The molecule has 2 nitrogen and oxygen atoms in total. The Morgan fingerprint density at radius 2 is 2.00 bits per heavy atom. The Labute approximate surface area is 116 Å². The molecule has 0 fully saturated rings. The van der Waals surface area contributed by atoms with Crippen molar-refractivity contribution in [1.29, 1.82) is 0 Å². The molecule has 0 aliphatic carbocycles. The van der Waals surface area contributed by atoms with E-state index in [1.807, 2.05) is 30.5 Å². The maximum atomic E-state index is 13.3. The van der Waals surface area contributed by atoms with Gasteiger partial charge in [-0.2, -0.15) is 0 Å². The molecule has 2 aromatic rings. The lowest BCUT2D eigenvalue weighted by Gasteiger charge is -2.10. The van der Waals surface area contributed by atoms with Crippen molar-refractivity contribution in [3.8, 4) is 5.75 Å². The molecule has 2 N–H and O–H groups in total. The van der Waals surface area contributed by atoms with Gasteiger partial charge in [0.05, 0.1) is 0 Å². The smallest absolute Gasteiger partial charge is 0.133 e. The Morgan fingerprint density at radius 3 is 2.74 bits per heavy atom. The fraction of sp³-hybridized carbons (Fsp3) is 0.200. The summed E-state index contributed by atoms with van der Waals surface area (Å²) in [5.41, 5.74) is 6.92. The largest absolute Gasteiger partial charge is 0.488 e. The predicted molar refractivity (Wildman–Crippen MR) is 76.8 cm³/mol. The summed E-state index contributed by atoms with van der Waals surface area (Å²) < 4.78 is 19.1. The monoisotopic (exact) mass is 277 g/mol. The Balaban J connectivity index is 2.10. The minimum absolute atomic E-state index is 0.196. The molecule has 0 aliphatic heterocycles. The summed E-state index contributed by atoms with van der Waals surface area (Å²) in [5.74, 6) is 0.574. The van der Waals surface area contributed by atoms with Gasteiger partial charge in [0.1, 0.15) is 18.2 Å². The number of hydrogen-bond acceptors (Lipinski definition) is 3. The standard InChI is InChI=1S/C15H16FNOS/c1-19-15-5-3-2-4-14(15)18-10-11-6-7-13(16)12(8-11)9-17/h2-8H,9-10,17H2,1H3. The van der Waals surface area contributed by atoms with Crippen molar-refractivity contribution >= 4 is 11.8 Å². The third-order valence-corrected chi connectivity index (χ3v) is 3.57. The van der Waals surface area contributed by atoms with Gasteiger partial charge < -0.3 is 10.5 Å². The van der Waals surface area contributed by atoms with Crippen LogP contribution in [0.25, 0.3) is 0 Å². The molecule has 0 atom stereocenters. The highest BCUT2D eigenvalue weighted by Crippen LogP contribution is 2.27. The molecule has 0 spiro atoms. The molecule has 2 rings (SSSR count). The second-order valence-corrected chi connectivity index (χ2v) is 4.92. The Bertz CT molecular complexity index is 560. The number of halogens is 1. The highest BCUT2D eigenvalue weighted by molar-refractivity contribution is 7.98. The molecule has 0 saturated heterocycles. The number of rotatable bonds is 5. The van der Waals surface area contributed by atoms with Gasteiger partial charge in [-0.1, -0.05) is 18.2 Å². The lowest BCUT2D eigenvalue weighted by Crippen LogP contribution is -2.03. The summed E-state index contributed by atoms with van der Waals surface area (Å²) in [6, 6.07) is 12.7. The average Bonchev–Trinajstić information content (AvgIpc) is 2.46. The van der Waals surface area contributed by atoms with Crippen molar-refractivity contribution in [3.05, 3.63) is 59.4 Å². The van der Waals surface area contributed by atoms with Gasteiger partial charge in [0.15, 0.2) is 0 Å². The predicted octanol–water partition coefficient (Wildman–Crippen LogP) is 3.59. The van der Waals surface area contributed by atoms with Gasteiger partial charge in [-0.25, -0.2) is 4.39 Å². The first-order chi connectivity index (χ1) is 9.24. The first-order valence-corrected chi connectivity index (χ1v) is 7.20. The van der Waals surface area contributed by atoms with Crippen molar-refractivity contribution in [2.75, 3.05) is 6.26 Å². The topological polar surface area (TPSA) is 35.2 Å². The average molecular weight is 277 g/mol. The van der Waals surface area contributed by atoms with E-state index in [0.29, 0.717) is 12.2 Å². The summed E-state index contributed by atoms with van der Waals surface area (Å²) in [6.07, 6.45) is 2.01. The van der Waals surface area contributed by atoms with Crippen molar-refractivity contribution in [1.82, 2.24) is 0 Å². The number of benzene rings is 2. The Hall–Kier alpha value is -1.52. The zero-order valence-electron chi connectivity index (χ0n) is 10.7. The molecule has 0 amide bonds. The lowest BCUT2D eigenvalue weighted by molar-refractivity contribution is 0.298. The molecule has 0 radical (unpaired) electrons. The van der Waals surface area contributed by atoms with E-state index in [1.54, 1.807) is 23.9 Å². The molecular formula is C15H16FNOS. The van der Waals surface area contributed by atoms with Gasteiger partial charge in [0.25, 0.3) is 0 Å². The second-order valence-electron chi connectivity index (χ2n) is 4.07. The van der Waals surface area contributed by atoms with Crippen LogP contribution in [0.5, 0.6) is 5.75 Å². The van der Waals surface area contributed by atoms with Crippen molar-refractivity contribution < 1.29 is 9.13 Å². The van der Waals surface area contributed by atoms with Gasteiger partial charge in [-0.3, -0.25) is 0 Å². The van der Waals surface area contributed by atoms with Crippen LogP contribution in [-0.2, 0) is 13.2 Å². The molecule has 0 bridgehead atoms. The van der Waals surface area contributed by atoms with Crippen LogP contribution in [-0.4, -0.2) is 6.26 Å². The fourth-order valence-electron chi connectivity index (χ4n) is 1.77. The second kappa shape index (κ2) is 6.59. The number of ether oxygens (including phenoxy) is 1. The van der Waals surface area contributed by atoms with Crippen LogP contribution in [0.15, 0.2) is 47.4 Å². The van der Waals surface area contributed by atoms with Gasteiger partial charge in [-0.15, -0.1) is 11.8 Å². The van der Waals surface area contributed by atoms with Gasteiger partial charge >= 0.3 is 0 Å². The molecule has 0 unspecified atom stereocenters. The zero-order chi connectivity index (χ0) is 13.7. The summed E-state index contributed by atoms with van der Waals surface area (Å²) in [7, 11) is 0. The minimum atomic E-state index is -0.268. The van der Waals surface area contributed by atoms with Crippen LogP contribution < -0.4 is 10.5 Å². The molecule has 2 aromatic carbocycles. The van der Waals surface area contributed by atoms with Crippen LogP contribution in [0.3, 0.4) is 0 Å². The van der Waals surface area contributed by atoms with E-state index in [1.165, 1.54) is 6.07 Å². The van der Waals surface area contributed by atoms with E-state index in [9.17, 15) is 4.39 Å². The molecule has 19 heavy (non-hydrogen) atoms. The van der Waals surface area contributed by atoms with Crippen LogP contribution in [0.2, 0.25) is 0 Å². The Kier molecular flexibility index (Phi) is 4.82. The molecule has 0 saturated carbocycles. The highest BCUT2D eigenvalue weighted by Gasteiger charge is 2.05. The van der Waals surface area contributed by atoms with Gasteiger partial charge in [0.2, 0.25) is 0 Å². The number of thioether (sulfide) groups is 1. The van der Waals surface area contributed by atoms with Gasteiger partial charge in [-0.05, 0) is 36.1 Å². The lowest BCUT2D eigenvalue weighted by atomic mass is 10.1. The third kappa shape index (κ3) is 3.49. The molecule has 0 aliphatic rings. The zero-order valence-corrected chi connectivity index (χ0v) is 11.5. The first kappa shape index (κ1) is 13.9. The SMILES string of the molecule is CSc1ccccc1OCc1ccc(F)c(CN)c1. The fourth-order valence-corrected chi connectivity index (χ4v) is 2.32. The molecule has 100 valence electrons. The Morgan fingerprint density at radius 1 is 1.21 bits per heavy atom. The quantitative estimate of drug-likeness (QED) is 0.848. The van der Waals surface area contributed by atoms with E-state index in [4.69, 9.17) is 10.5 Å². The normalized spacial score (nSPS) is 10.5. The maximum Gasteiger partial charge on any atom is 0.133 e. The van der Waals surface area contributed by atoms with Crippen LogP contribution >= 0.6 is 11.8 Å². The van der Waals surface area contributed by atoms with E-state index in [2.05, 4.69) is 0 Å². The first-order valence-electron chi connectivity index (χ1n) is 5.97. The van der Waals surface area contributed by atoms with Crippen molar-refractivity contribution in [2.45, 2.75) is 18.0 Å². The van der Waals surface area contributed by atoms with Crippen LogP contribution in [0.4, 0.5) is 4.39 Å². The molecule has 0 aromatic heterocycles. The minimum Gasteiger partial charge on any atom is -0.488 e. The number of para-hydroxylation sites is 1. The summed E-state index contributed by atoms with van der Waals surface area (Å²) in [4.78, 5) is 1.09. The van der Waals surface area contributed by atoms with Gasteiger partial charge in [0, 0.05) is 17.0 Å². The van der Waals surface area contributed by atoms with E-state index >= 15 is 0 Å². The third-order valence-electron chi connectivity index (χ3n) is 2.79. The van der Waals surface area contributed by atoms with Crippen molar-refractivity contribution in [2.24, 2.45) is 5.73 Å². The maximum absolute atomic E-state index is 13.3. The summed E-state index contributed by atoms with van der Waals surface area (Å²) in [5, 5.41) is 0. The number of hydrogen-bond donors (Lipinski definition) is 1.